The minimum atomic E-state index is -0.526. The first-order chi connectivity index (χ1) is 11.7. The molecule has 0 N–H and O–H groups in total. The lowest BCUT2D eigenvalue weighted by Crippen LogP contribution is -2.03. The number of aromatic nitrogens is 1. The molecule has 0 aliphatic carbocycles. The maximum absolute atomic E-state index is 14.0. The third-order valence-electron chi connectivity index (χ3n) is 3.63. The summed E-state index contributed by atoms with van der Waals surface area (Å²) in [4.78, 5) is 8.82. The van der Waals surface area contributed by atoms with Crippen LogP contribution in [-0.2, 0) is 0 Å². The van der Waals surface area contributed by atoms with Gasteiger partial charge >= 0.3 is 0 Å². The smallest absolute Gasteiger partial charge is 0.250 e. The van der Waals surface area contributed by atoms with E-state index in [0.717, 1.165) is 16.8 Å². The minimum absolute atomic E-state index is 0.0209. The second-order valence-electron chi connectivity index (χ2n) is 5.28. The molecule has 0 saturated heterocycles. The lowest BCUT2D eigenvalue weighted by atomic mass is 10.0. The largest absolute Gasteiger partial charge is 0.479 e. The van der Waals surface area contributed by atoms with E-state index in [1.807, 2.05) is 60.7 Å². The molecule has 0 aliphatic heterocycles. The average Bonchev–Trinajstić information content (AvgIpc) is 2.63. The van der Waals surface area contributed by atoms with E-state index in [9.17, 15) is 4.39 Å². The molecule has 24 heavy (non-hydrogen) atoms. The lowest BCUT2D eigenvalue weighted by Gasteiger charge is -2.10. The normalized spacial score (nSPS) is 10.3. The van der Waals surface area contributed by atoms with Crippen molar-refractivity contribution in [3.8, 4) is 5.88 Å². The van der Waals surface area contributed by atoms with E-state index in [1.165, 1.54) is 13.2 Å². The average molecular weight is 320 g/mol. The van der Waals surface area contributed by atoms with Crippen LogP contribution < -0.4 is 4.74 Å². The maximum Gasteiger partial charge on any atom is 0.250 e. The van der Waals surface area contributed by atoms with Gasteiger partial charge in [0.05, 0.1) is 24.2 Å². The first-order valence-electron chi connectivity index (χ1n) is 7.59. The van der Waals surface area contributed by atoms with Gasteiger partial charge in [0.25, 0.3) is 0 Å². The fraction of sp³-hybridized carbons (Fsp3) is 0.100. The number of ether oxygens (including phenoxy) is 1. The van der Waals surface area contributed by atoms with Crippen molar-refractivity contribution in [1.29, 1.82) is 0 Å². The van der Waals surface area contributed by atoms with Crippen molar-refractivity contribution in [3.05, 3.63) is 89.4 Å². The standard InChI is InChI=1S/C20H17FN2O/c1-14-18(13-17(21)20(22-14)24-2)23-19(15-9-5-3-6-10-15)16-11-7-4-8-12-16/h3-13H,1-2H3. The number of pyridine rings is 1. The minimum Gasteiger partial charge on any atom is -0.479 e. The molecular weight excluding hydrogens is 303 g/mol. The quantitative estimate of drug-likeness (QED) is 0.653. The molecule has 0 radical (unpaired) electrons. The van der Waals surface area contributed by atoms with Crippen LogP contribution in [0.2, 0.25) is 0 Å². The van der Waals surface area contributed by atoms with Crippen molar-refractivity contribution < 1.29 is 9.13 Å². The third kappa shape index (κ3) is 3.33. The van der Waals surface area contributed by atoms with Crippen molar-refractivity contribution >= 4 is 11.4 Å². The van der Waals surface area contributed by atoms with E-state index >= 15 is 0 Å². The van der Waals surface area contributed by atoms with E-state index in [1.54, 1.807) is 6.92 Å². The van der Waals surface area contributed by atoms with Crippen LogP contribution in [0.4, 0.5) is 10.1 Å². The Bertz CT molecular complexity index is 820. The molecule has 0 spiro atoms. The number of benzene rings is 2. The van der Waals surface area contributed by atoms with Gasteiger partial charge in [-0.05, 0) is 6.92 Å². The van der Waals surface area contributed by atoms with Crippen LogP contribution in [0.3, 0.4) is 0 Å². The molecule has 0 unspecified atom stereocenters. The van der Waals surface area contributed by atoms with Crippen molar-refractivity contribution in [2.75, 3.05) is 7.11 Å². The molecule has 0 amide bonds. The van der Waals surface area contributed by atoms with Gasteiger partial charge in [-0.25, -0.2) is 14.4 Å². The highest BCUT2D eigenvalue weighted by Gasteiger charge is 2.12. The number of nitrogens with zero attached hydrogens (tertiary/aromatic N) is 2. The number of rotatable bonds is 4. The summed E-state index contributed by atoms with van der Waals surface area (Å²) in [5.74, 6) is -0.547. The predicted molar refractivity (Wildman–Crippen MR) is 93.7 cm³/mol. The zero-order valence-electron chi connectivity index (χ0n) is 13.5. The molecule has 120 valence electrons. The molecule has 0 bridgehead atoms. The Morgan fingerprint density at radius 1 is 0.958 bits per heavy atom. The molecule has 1 aromatic heterocycles. The highest BCUT2D eigenvalue weighted by atomic mass is 19.1. The summed E-state index contributed by atoms with van der Waals surface area (Å²) in [6.07, 6.45) is 0. The predicted octanol–water partition coefficient (Wildman–Crippen LogP) is 4.71. The second kappa shape index (κ2) is 7.04. The summed E-state index contributed by atoms with van der Waals surface area (Å²) in [7, 11) is 1.40. The van der Waals surface area contributed by atoms with E-state index in [-0.39, 0.29) is 5.88 Å². The summed E-state index contributed by atoms with van der Waals surface area (Å²) >= 11 is 0. The van der Waals surface area contributed by atoms with E-state index in [0.29, 0.717) is 11.4 Å². The Morgan fingerprint density at radius 2 is 1.50 bits per heavy atom. The monoisotopic (exact) mass is 320 g/mol. The Morgan fingerprint density at radius 3 is 2.00 bits per heavy atom. The van der Waals surface area contributed by atoms with E-state index < -0.39 is 5.82 Å². The van der Waals surface area contributed by atoms with Crippen LogP contribution in [0.1, 0.15) is 16.8 Å². The molecular formula is C20H17FN2O. The molecule has 4 heteroatoms. The number of aliphatic imine (C=N–C) groups is 1. The lowest BCUT2D eigenvalue weighted by molar-refractivity contribution is 0.368. The zero-order valence-corrected chi connectivity index (χ0v) is 13.5. The SMILES string of the molecule is COc1nc(C)c(N=C(c2ccccc2)c2ccccc2)cc1F. The van der Waals surface area contributed by atoms with Crippen LogP contribution >= 0.6 is 0 Å². The van der Waals surface area contributed by atoms with E-state index in [2.05, 4.69) is 4.98 Å². The number of hydrogen-bond donors (Lipinski definition) is 0. The molecule has 2 aromatic carbocycles. The first-order valence-corrected chi connectivity index (χ1v) is 7.59. The summed E-state index contributed by atoms with van der Waals surface area (Å²) in [6, 6.07) is 21.0. The fourth-order valence-electron chi connectivity index (χ4n) is 2.41. The van der Waals surface area contributed by atoms with Gasteiger partial charge in [-0.1, -0.05) is 60.7 Å². The molecule has 0 atom stereocenters. The molecule has 1 heterocycles. The molecule has 0 saturated carbocycles. The van der Waals surface area contributed by atoms with Gasteiger partial charge in [0, 0.05) is 17.2 Å². The highest BCUT2D eigenvalue weighted by Crippen LogP contribution is 2.26. The summed E-state index contributed by atoms with van der Waals surface area (Å²) in [5.41, 5.74) is 3.78. The van der Waals surface area contributed by atoms with Crippen LogP contribution in [-0.4, -0.2) is 17.8 Å². The van der Waals surface area contributed by atoms with Gasteiger partial charge in [0.15, 0.2) is 5.82 Å². The van der Waals surface area contributed by atoms with Gasteiger partial charge in [-0.15, -0.1) is 0 Å². The highest BCUT2D eigenvalue weighted by molar-refractivity contribution is 6.14. The maximum atomic E-state index is 14.0. The molecule has 0 aliphatic rings. The topological polar surface area (TPSA) is 34.5 Å². The van der Waals surface area contributed by atoms with Crippen molar-refractivity contribution in [2.45, 2.75) is 6.92 Å². The van der Waals surface area contributed by atoms with Crippen molar-refractivity contribution in [2.24, 2.45) is 4.99 Å². The zero-order chi connectivity index (χ0) is 16.9. The number of hydrogen-bond acceptors (Lipinski definition) is 3. The Balaban J connectivity index is 2.16. The summed E-state index contributed by atoms with van der Waals surface area (Å²) in [5, 5.41) is 0. The Hall–Kier alpha value is -3.01. The number of methoxy groups -OCH3 is 1. The van der Waals surface area contributed by atoms with Crippen LogP contribution in [0, 0.1) is 12.7 Å². The van der Waals surface area contributed by atoms with Gasteiger partial charge < -0.3 is 4.74 Å². The summed E-state index contributed by atoms with van der Waals surface area (Å²) < 4.78 is 18.9. The number of halogens is 1. The summed E-state index contributed by atoms with van der Waals surface area (Å²) in [6.45, 7) is 1.79. The van der Waals surface area contributed by atoms with Crippen LogP contribution in [0.5, 0.6) is 5.88 Å². The van der Waals surface area contributed by atoms with Gasteiger partial charge in [0.1, 0.15) is 0 Å². The van der Waals surface area contributed by atoms with Gasteiger partial charge in [-0.3, -0.25) is 0 Å². The number of aryl methyl sites for hydroxylation is 1. The Kier molecular flexibility index (Phi) is 4.66. The van der Waals surface area contributed by atoms with Crippen molar-refractivity contribution in [1.82, 2.24) is 4.98 Å². The molecule has 3 nitrogen and oxygen atoms in total. The fourth-order valence-corrected chi connectivity index (χ4v) is 2.41. The van der Waals surface area contributed by atoms with Crippen LogP contribution in [0.25, 0.3) is 0 Å². The third-order valence-corrected chi connectivity index (χ3v) is 3.63. The molecule has 0 fully saturated rings. The Labute approximate surface area is 140 Å². The second-order valence-corrected chi connectivity index (χ2v) is 5.28. The molecule has 3 aromatic rings. The van der Waals surface area contributed by atoms with Crippen LogP contribution in [0.15, 0.2) is 71.7 Å². The van der Waals surface area contributed by atoms with Crippen molar-refractivity contribution in [3.63, 3.8) is 0 Å². The first kappa shape index (κ1) is 15.9. The molecule has 3 rings (SSSR count). The van der Waals surface area contributed by atoms with Gasteiger partial charge in [-0.2, -0.15) is 0 Å². The van der Waals surface area contributed by atoms with Gasteiger partial charge in [0.2, 0.25) is 5.88 Å². The van der Waals surface area contributed by atoms with E-state index in [4.69, 9.17) is 9.73 Å².